The lowest BCUT2D eigenvalue weighted by Crippen LogP contribution is -2.24. The predicted molar refractivity (Wildman–Crippen MR) is 61.1 cm³/mol. The van der Waals surface area contributed by atoms with Gasteiger partial charge in [0, 0.05) is 5.39 Å². The van der Waals surface area contributed by atoms with E-state index < -0.39 is 12.1 Å². The van der Waals surface area contributed by atoms with Gasteiger partial charge in [-0.2, -0.15) is 9.78 Å². The third-order valence-corrected chi connectivity index (χ3v) is 2.29. The number of carboxylic acids is 1. The molecule has 0 N–H and O–H groups in total. The molecule has 1 aromatic carbocycles. The largest absolute Gasteiger partial charge is 0.543 e. The lowest BCUT2D eigenvalue weighted by Gasteiger charge is -2.07. The molecule has 6 nitrogen and oxygen atoms in total. The van der Waals surface area contributed by atoms with Gasteiger partial charge in [-0.1, -0.05) is 18.2 Å². The molecule has 0 spiro atoms. The number of rotatable bonds is 2. The van der Waals surface area contributed by atoms with Gasteiger partial charge in [0.2, 0.25) is 0 Å². The van der Waals surface area contributed by atoms with Crippen molar-refractivity contribution in [1.29, 1.82) is 0 Å². The number of para-hydroxylation sites is 1. The molecule has 0 radical (unpaired) electrons. The third kappa shape index (κ3) is 2.04. The molecule has 0 fully saturated rings. The van der Waals surface area contributed by atoms with Crippen LogP contribution in [-0.4, -0.2) is 27.9 Å². The fourth-order valence-corrected chi connectivity index (χ4v) is 1.61. The van der Waals surface area contributed by atoms with Crippen molar-refractivity contribution in [2.75, 3.05) is 0 Å². The average molecular weight is 247 g/mol. The number of carboxylic acid groups (broad SMARTS) is 1. The number of benzene rings is 1. The molecule has 0 aliphatic heterocycles. The summed E-state index contributed by atoms with van der Waals surface area (Å²) in [4.78, 5) is 22.7. The second-order valence-corrected chi connectivity index (χ2v) is 4.00. The maximum atomic E-state index is 11.8. The van der Waals surface area contributed by atoms with Gasteiger partial charge in [0.05, 0.1) is 17.6 Å². The van der Waals surface area contributed by atoms with Crippen LogP contribution in [0.5, 0.6) is 0 Å². The smallest absolute Gasteiger partial charge is 0.435 e. The van der Waals surface area contributed by atoms with Crippen molar-refractivity contribution in [3.8, 4) is 0 Å². The number of hydrogen-bond donors (Lipinski definition) is 0. The molecule has 2 aromatic rings. The number of ether oxygens (including phenoxy) is 1. The lowest BCUT2D eigenvalue weighted by atomic mass is 10.2. The third-order valence-electron chi connectivity index (χ3n) is 2.29. The Bertz CT molecular complexity index is 616. The maximum Gasteiger partial charge on any atom is 0.435 e. The van der Waals surface area contributed by atoms with Gasteiger partial charge in [-0.05, 0) is 19.9 Å². The van der Waals surface area contributed by atoms with Crippen molar-refractivity contribution < 1.29 is 19.4 Å². The highest BCUT2D eigenvalue weighted by molar-refractivity contribution is 6.02. The minimum absolute atomic E-state index is 0.272. The van der Waals surface area contributed by atoms with Crippen molar-refractivity contribution in [2.24, 2.45) is 0 Å². The maximum absolute atomic E-state index is 11.8. The number of nitrogens with zero attached hydrogens (tertiary/aromatic N) is 2. The van der Waals surface area contributed by atoms with E-state index in [1.165, 1.54) is 0 Å². The number of fused-ring (bicyclic) bond motifs is 1. The molecule has 1 aromatic heterocycles. The molecular formula is C12H11N2O4-. The van der Waals surface area contributed by atoms with Crippen LogP contribution in [0, 0.1) is 0 Å². The minimum atomic E-state index is -1.43. The van der Waals surface area contributed by atoms with Crippen LogP contribution in [0.3, 0.4) is 0 Å². The summed E-state index contributed by atoms with van der Waals surface area (Å²) in [6, 6.07) is 6.50. The van der Waals surface area contributed by atoms with Crippen LogP contribution < -0.4 is 5.11 Å². The van der Waals surface area contributed by atoms with Gasteiger partial charge in [0.25, 0.3) is 0 Å². The molecule has 0 unspecified atom stereocenters. The quantitative estimate of drug-likeness (QED) is 0.783. The second-order valence-electron chi connectivity index (χ2n) is 4.00. The lowest BCUT2D eigenvalue weighted by molar-refractivity contribution is -0.255. The molecule has 0 amide bonds. The zero-order valence-electron chi connectivity index (χ0n) is 9.91. The number of aromatic nitrogens is 2. The van der Waals surface area contributed by atoms with Crippen molar-refractivity contribution in [3.05, 3.63) is 30.0 Å². The molecule has 0 aliphatic carbocycles. The molecule has 2 rings (SSSR count). The van der Waals surface area contributed by atoms with Crippen molar-refractivity contribution in [1.82, 2.24) is 9.78 Å². The summed E-state index contributed by atoms with van der Waals surface area (Å²) in [5.74, 6) is -1.43. The molecular weight excluding hydrogens is 236 g/mol. The van der Waals surface area contributed by atoms with E-state index in [0.29, 0.717) is 10.9 Å². The van der Waals surface area contributed by atoms with Crippen molar-refractivity contribution >= 4 is 23.0 Å². The van der Waals surface area contributed by atoms with E-state index >= 15 is 0 Å². The van der Waals surface area contributed by atoms with E-state index in [4.69, 9.17) is 4.74 Å². The van der Waals surface area contributed by atoms with Crippen LogP contribution in [-0.2, 0) is 4.74 Å². The second kappa shape index (κ2) is 4.48. The van der Waals surface area contributed by atoms with Gasteiger partial charge in [-0.25, -0.2) is 4.79 Å². The Kier molecular flexibility index (Phi) is 3.01. The Morgan fingerprint density at radius 2 is 2.00 bits per heavy atom. The van der Waals surface area contributed by atoms with Gasteiger partial charge >= 0.3 is 6.09 Å². The van der Waals surface area contributed by atoms with Gasteiger partial charge in [-0.15, -0.1) is 0 Å². The Hall–Kier alpha value is -2.37. The Morgan fingerprint density at radius 1 is 1.33 bits per heavy atom. The molecule has 0 atom stereocenters. The monoisotopic (exact) mass is 247 g/mol. The summed E-state index contributed by atoms with van der Waals surface area (Å²) in [6.45, 7) is 3.40. The molecule has 0 bridgehead atoms. The van der Waals surface area contributed by atoms with Gasteiger partial charge < -0.3 is 14.6 Å². The zero-order valence-corrected chi connectivity index (χ0v) is 9.91. The Balaban J connectivity index is 2.58. The van der Waals surface area contributed by atoms with E-state index in [9.17, 15) is 14.7 Å². The molecule has 0 saturated carbocycles. The zero-order chi connectivity index (χ0) is 13.3. The van der Waals surface area contributed by atoms with Crippen LogP contribution >= 0.6 is 0 Å². The highest BCUT2D eigenvalue weighted by Crippen LogP contribution is 2.18. The highest BCUT2D eigenvalue weighted by atomic mass is 16.6. The fraction of sp³-hybridized carbons (Fsp3) is 0.250. The van der Waals surface area contributed by atoms with Crippen molar-refractivity contribution in [2.45, 2.75) is 20.0 Å². The average Bonchev–Trinajstić information content (AvgIpc) is 2.67. The summed E-state index contributed by atoms with van der Waals surface area (Å²) < 4.78 is 5.92. The van der Waals surface area contributed by atoms with Gasteiger partial charge in [0.1, 0.15) is 5.69 Å². The number of hydrogen-bond acceptors (Lipinski definition) is 5. The molecule has 1 heterocycles. The van der Waals surface area contributed by atoms with Crippen LogP contribution in [0.2, 0.25) is 0 Å². The summed E-state index contributed by atoms with van der Waals surface area (Å²) in [6.07, 6.45) is -1.03. The first-order chi connectivity index (χ1) is 8.50. The topological polar surface area (TPSA) is 84.2 Å². The summed E-state index contributed by atoms with van der Waals surface area (Å²) in [5, 5.41) is 15.0. The fourth-order valence-electron chi connectivity index (χ4n) is 1.61. The first-order valence-corrected chi connectivity index (χ1v) is 5.41. The van der Waals surface area contributed by atoms with E-state index in [1.807, 2.05) is 0 Å². The van der Waals surface area contributed by atoms with Gasteiger partial charge in [-0.3, -0.25) is 0 Å². The summed E-state index contributed by atoms with van der Waals surface area (Å²) in [5.41, 5.74) is 0.105. The number of aromatic carboxylic acids is 1. The van der Waals surface area contributed by atoms with Crippen LogP contribution in [0.25, 0.3) is 10.9 Å². The number of carbonyl (C=O) groups is 2. The van der Waals surface area contributed by atoms with Gasteiger partial charge in [0.15, 0.2) is 0 Å². The summed E-state index contributed by atoms with van der Waals surface area (Å²) in [7, 11) is 0. The molecule has 0 saturated heterocycles. The minimum Gasteiger partial charge on any atom is -0.543 e. The van der Waals surface area contributed by atoms with E-state index in [0.717, 1.165) is 4.68 Å². The number of carbonyl (C=O) groups excluding carboxylic acids is 2. The Labute approximate surface area is 103 Å². The highest BCUT2D eigenvalue weighted by Gasteiger charge is 2.17. The molecule has 18 heavy (non-hydrogen) atoms. The first kappa shape index (κ1) is 12.1. The standard InChI is InChI=1S/C12H12N2O4/c1-7(2)18-12(17)14-9-6-4-3-5-8(9)10(13-14)11(15)16/h3-7H,1-2H3,(H,15,16)/p-1. The van der Waals surface area contributed by atoms with E-state index in [1.54, 1.807) is 38.1 Å². The first-order valence-electron chi connectivity index (χ1n) is 5.41. The predicted octanol–water partition coefficient (Wildman–Crippen LogP) is 0.793. The van der Waals surface area contributed by atoms with E-state index in [-0.39, 0.29) is 11.8 Å². The Morgan fingerprint density at radius 3 is 2.61 bits per heavy atom. The summed E-state index contributed by atoms with van der Waals surface area (Å²) >= 11 is 0. The molecule has 0 aliphatic rings. The molecule has 6 heteroatoms. The normalized spacial score (nSPS) is 10.8. The van der Waals surface area contributed by atoms with E-state index in [2.05, 4.69) is 5.10 Å². The van der Waals surface area contributed by atoms with Crippen LogP contribution in [0.15, 0.2) is 24.3 Å². The van der Waals surface area contributed by atoms with Crippen molar-refractivity contribution in [3.63, 3.8) is 0 Å². The van der Waals surface area contributed by atoms with Crippen LogP contribution in [0.1, 0.15) is 24.3 Å². The van der Waals surface area contributed by atoms with Crippen LogP contribution in [0.4, 0.5) is 4.79 Å². The SMILES string of the molecule is CC(C)OC(=O)n1nc(C(=O)[O-])c2ccccc21. The molecule has 94 valence electrons.